The third-order valence-electron chi connectivity index (χ3n) is 4.56. The van der Waals surface area contributed by atoms with Crippen molar-refractivity contribution < 1.29 is 24.4 Å². The minimum Gasteiger partial charge on any atom is -0.394 e. The molecule has 2 heterocycles. The van der Waals surface area contributed by atoms with Gasteiger partial charge in [0.15, 0.2) is 0 Å². The van der Waals surface area contributed by atoms with Crippen LogP contribution in [0.2, 0.25) is 0 Å². The van der Waals surface area contributed by atoms with Gasteiger partial charge in [0.25, 0.3) is 0 Å². The molecule has 2 aliphatic rings. The first-order valence-electron chi connectivity index (χ1n) is 8.64. The Kier molecular flexibility index (Phi) is 6.40. The van der Waals surface area contributed by atoms with Crippen molar-refractivity contribution in [3.8, 4) is 0 Å². The number of hydrogen-bond donors (Lipinski definition) is 2. The summed E-state index contributed by atoms with van der Waals surface area (Å²) in [6.07, 6.45) is 5.29. The monoisotopic (exact) mass is 334 g/mol. The Bertz CT molecular complexity index is 518. The summed E-state index contributed by atoms with van der Waals surface area (Å²) in [5, 5.41) is 18.7. The van der Waals surface area contributed by atoms with Crippen molar-refractivity contribution >= 4 is 0 Å². The normalized spacial score (nSPS) is 31.2. The first-order chi connectivity index (χ1) is 11.8. The van der Waals surface area contributed by atoms with Crippen LogP contribution in [0, 0.1) is 0 Å². The largest absolute Gasteiger partial charge is 0.394 e. The zero-order valence-corrected chi connectivity index (χ0v) is 13.8. The molecule has 1 saturated heterocycles. The molecule has 0 unspecified atom stereocenters. The van der Waals surface area contributed by atoms with Gasteiger partial charge in [-0.1, -0.05) is 42.5 Å². The highest BCUT2D eigenvalue weighted by Gasteiger charge is 2.36. The molecule has 3 rings (SSSR count). The van der Waals surface area contributed by atoms with Crippen molar-refractivity contribution in [3.63, 3.8) is 0 Å². The van der Waals surface area contributed by atoms with Crippen molar-refractivity contribution in [2.45, 2.75) is 56.4 Å². The summed E-state index contributed by atoms with van der Waals surface area (Å²) in [5.74, 6) is 0. The number of rotatable bonds is 7. The lowest BCUT2D eigenvalue weighted by atomic mass is 10.0. The zero-order valence-electron chi connectivity index (χ0n) is 13.8. The van der Waals surface area contributed by atoms with E-state index in [0.29, 0.717) is 13.2 Å². The third kappa shape index (κ3) is 4.65. The van der Waals surface area contributed by atoms with E-state index < -0.39 is 6.10 Å². The highest BCUT2D eigenvalue weighted by Crippen LogP contribution is 2.29. The van der Waals surface area contributed by atoms with Crippen LogP contribution in [-0.4, -0.2) is 53.9 Å². The summed E-state index contributed by atoms with van der Waals surface area (Å²) >= 11 is 0. The van der Waals surface area contributed by atoms with Crippen LogP contribution >= 0.6 is 0 Å². The van der Waals surface area contributed by atoms with Crippen molar-refractivity contribution in [1.82, 2.24) is 0 Å². The molecule has 5 heteroatoms. The second kappa shape index (κ2) is 8.74. The van der Waals surface area contributed by atoms with Crippen LogP contribution in [-0.2, 0) is 20.8 Å². The molecule has 2 N–H and O–H groups in total. The molecule has 0 aliphatic carbocycles. The van der Waals surface area contributed by atoms with Gasteiger partial charge in [-0.25, -0.2) is 0 Å². The fourth-order valence-electron chi connectivity index (χ4n) is 3.22. The van der Waals surface area contributed by atoms with E-state index >= 15 is 0 Å². The van der Waals surface area contributed by atoms with E-state index in [2.05, 4.69) is 6.08 Å². The number of aliphatic hydroxyl groups is 2. The molecule has 1 aromatic carbocycles. The lowest BCUT2D eigenvalue weighted by molar-refractivity contribution is -0.121. The summed E-state index contributed by atoms with van der Waals surface area (Å²) in [6.45, 7) is 0.861. The Labute approximate surface area is 142 Å². The van der Waals surface area contributed by atoms with E-state index in [1.165, 1.54) is 0 Å². The van der Waals surface area contributed by atoms with Gasteiger partial charge < -0.3 is 24.4 Å². The third-order valence-corrected chi connectivity index (χ3v) is 4.56. The lowest BCUT2D eigenvalue weighted by Crippen LogP contribution is -2.37. The van der Waals surface area contributed by atoms with Gasteiger partial charge in [0.2, 0.25) is 0 Å². The summed E-state index contributed by atoms with van der Waals surface area (Å²) in [7, 11) is 0. The number of aliphatic hydroxyl groups excluding tert-OH is 2. The lowest BCUT2D eigenvalue weighted by Gasteiger charge is -2.30. The predicted molar refractivity (Wildman–Crippen MR) is 89.5 cm³/mol. The van der Waals surface area contributed by atoms with Gasteiger partial charge in [-0.3, -0.25) is 0 Å². The molecule has 0 spiro atoms. The summed E-state index contributed by atoms with van der Waals surface area (Å²) < 4.78 is 17.7. The molecule has 1 fully saturated rings. The highest BCUT2D eigenvalue weighted by atomic mass is 16.6. The molecule has 1 aromatic rings. The van der Waals surface area contributed by atoms with E-state index in [0.717, 1.165) is 24.8 Å². The van der Waals surface area contributed by atoms with Gasteiger partial charge in [0.05, 0.1) is 38.1 Å². The van der Waals surface area contributed by atoms with Crippen molar-refractivity contribution in [2.24, 2.45) is 0 Å². The zero-order chi connectivity index (χ0) is 16.8. The van der Waals surface area contributed by atoms with E-state index in [1.807, 2.05) is 36.4 Å². The van der Waals surface area contributed by atoms with Crippen LogP contribution in [0.1, 0.15) is 24.8 Å². The maximum absolute atomic E-state index is 9.70. The number of ether oxygens (including phenoxy) is 3. The molecular formula is C19H26O5. The molecule has 0 amide bonds. The molecule has 2 aliphatic heterocycles. The Morgan fingerprint density at radius 1 is 1.17 bits per heavy atom. The van der Waals surface area contributed by atoms with Crippen molar-refractivity contribution in [1.29, 1.82) is 0 Å². The summed E-state index contributed by atoms with van der Waals surface area (Å²) in [5.41, 5.74) is 1.15. The molecule has 0 bridgehead atoms. The Morgan fingerprint density at radius 2 is 2.00 bits per heavy atom. The fraction of sp³-hybridized carbons (Fsp3) is 0.579. The molecule has 24 heavy (non-hydrogen) atoms. The quantitative estimate of drug-likeness (QED) is 0.745. The number of hydrogen-bond acceptors (Lipinski definition) is 5. The van der Waals surface area contributed by atoms with E-state index in [1.54, 1.807) is 0 Å². The first kappa shape index (κ1) is 17.6. The summed E-state index contributed by atoms with van der Waals surface area (Å²) in [4.78, 5) is 0. The van der Waals surface area contributed by atoms with E-state index in [-0.39, 0.29) is 31.0 Å². The van der Waals surface area contributed by atoms with Gasteiger partial charge in [0.1, 0.15) is 12.2 Å². The molecule has 0 aromatic heterocycles. The molecule has 5 atom stereocenters. The second-order valence-electron chi connectivity index (χ2n) is 6.43. The topological polar surface area (TPSA) is 68.2 Å². The minimum absolute atomic E-state index is 0.0223. The van der Waals surface area contributed by atoms with Gasteiger partial charge in [-0.15, -0.1) is 0 Å². The van der Waals surface area contributed by atoms with Crippen LogP contribution < -0.4 is 0 Å². The first-order valence-corrected chi connectivity index (χ1v) is 8.64. The van der Waals surface area contributed by atoms with Crippen LogP contribution in [0.25, 0.3) is 0 Å². The second-order valence-corrected chi connectivity index (χ2v) is 6.43. The molecule has 0 radical (unpaired) electrons. The standard InChI is InChI=1S/C19H26O5/c20-11-16(21)17-9-10-19(24-17)18-8-4-7-15(23-18)13-22-12-14-5-2-1-3-6-14/h1-6,8,15-21H,7,9-13H2/t15-,16+,17-,18+,19-/m0/s1. The van der Waals surface area contributed by atoms with E-state index in [9.17, 15) is 5.11 Å². The fourth-order valence-corrected chi connectivity index (χ4v) is 3.22. The molecule has 5 nitrogen and oxygen atoms in total. The average Bonchev–Trinajstić information content (AvgIpc) is 3.12. The Morgan fingerprint density at radius 3 is 2.79 bits per heavy atom. The SMILES string of the molecule is OC[C@@H](O)[C@@H]1CC[C@@H]([C@H]2C=CC[C@@H](COCc3ccccc3)O2)O1. The maximum Gasteiger partial charge on any atom is 0.103 e. The van der Waals surface area contributed by atoms with Gasteiger partial charge in [-0.2, -0.15) is 0 Å². The van der Waals surface area contributed by atoms with Crippen LogP contribution in [0.4, 0.5) is 0 Å². The van der Waals surface area contributed by atoms with Gasteiger partial charge >= 0.3 is 0 Å². The van der Waals surface area contributed by atoms with Crippen LogP contribution in [0.15, 0.2) is 42.5 Å². The van der Waals surface area contributed by atoms with E-state index in [4.69, 9.17) is 19.3 Å². The van der Waals surface area contributed by atoms with Crippen molar-refractivity contribution in [3.05, 3.63) is 48.0 Å². The number of benzene rings is 1. The highest BCUT2D eigenvalue weighted by molar-refractivity contribution is 5.13. The van der Waals surface area contributed by atoms with Crippen molar-refractivity contribution in [2.75, 3.05) is 13.2 Å². The molecule has 132 valence electrons. The summed E-state index contributed by atoms with van der Waals surface area (Å²) in [6, 6.07) is 10.1. The maximum atomic E-state index is 9.70. The van der Waals surface area contributed by atoms with Crippen LogP contribution in [0.3, 0.4) is 0 Å². The molecule has 0 saturated carbocycles. The predicted octanol–water partition coefficient (Wildman–Crippen LogP) is 1.82. The van der Waals surface area contributed by atoms with Gasteiger partial charge in [-0.05, 0) is 24.8 Å². The average molecular weight is 334 g/mol. The Hall–Kier alpha value is -1.24. The molecular weight excluding hydrogens is 308 g/mol. The van der Waals surface area contributed by atoms with Crippen LogP contribution in [0.5, 0.6) is 0 Å². The Balaban J connectivity index is 1.43. The minimum atomic E-state index is -0.812. The van der Waals surface area contributed by atoms with Gasteiger partial charge in [0, 0.05) is 0 Å². The smallest absolute Gasteiger partial charge is 0.103 e.